The Hall–Kier alpha value is -1.07. The highest BCUT2D eigenvalue weighted by Crippen LogP contribution is 2.29. The van der Waals surface area contributed by atoms with E-state index in [1.807, 2.05) is 7.05 Å². The van der Waals surface area contributed by atoms with Gasteiger partial charge >= 0.3 is 0 Å². The second-order valence-corrected chi connectivity index (χ2v) is 5.70. The van der Waals surface area contributed by atoms with E-state index >= 15 is 0 Å². The summed E-state index contributed by atoms with van der Waals surface area (Å²) in [5.74, 6) is 0.0945. The normalized spacial score (nSPS) is 17.8. The molecule has 1 amide bonds. The minimum Gasteiger partial charge on any atom is -0.361 e. The van der Waals surface area contributed by atoms with Gasteiger partial charge in [0.05, 0.1) is 12.2 Å². The first-order valence-corrected chi connectivity index (χ1v) is 7.39. The number of nitrogens with zero attached hydrogens (tertiary/aromatic N) is 1. The van der Waals surface area contributed by atoms with Gasteiger partial charge in [-0.25, -0.2) is 0 Å². The van der Waals surface area contributed by atoms with Crippen molar-refractivity contribution in [2.24, 2.45) is 0 Å². The molecule has 5 heteroatoms. The van der Waals surface area contributed by atoms with Gasteiger partial charge in [0.25, 0.3) is 0 Å². The van der Waals surface area contributed by atoms with Crippen molar-refractivity contribution in [3.8, 4) is 0 Å². The van der Waals surface area contributed by atoms with Crippen LogP contribution in [0.1, 0.15) is 24.9 Å². The Morgan fingerprint density at radius 2 is 2.26 bits per heavy atom. The quantitative estimate of drug-likeness (QED) is 0.894. The minimum atomic E-state index is 0.0945. The van der Waals surface area contributed by atoms with E-state index in [0.29, 0.717) is 12.6 Å². The Balaban J connectivity index is 2.22. The van der Waals surface area contributed by atoms with Gasteiger partial charge in [-0.1, -0.05) is 6.07 Å². The molecule has 0 saturated carbocycles. The molecule has 0 radical (unpaired) electrons. The summed E-state index contributed by atoms with van der Waals surface area (Å²) in [6, 6.07) is 6.65. The highest BCUT2D eigenvalue weighted by molar-refractivity contribution is 9.10. The lowest BCUT2D eigenvalue weighted by Crippen LogP contribution is -2.33. The van der Waals surface area contributed by atoms with Crippen LogP contribution in [0.25, 0.3) is 0 Å². The standard InChI is InChI=1S/C14H20BrN3O/c1-10(16-2)11-4-5-13(12(15)8-11)18-7-3-6-17-14(19)9-18/h4-5,8,10,16H,3,6-7,9H2,1-2H3,(H,17,19). The summed E-state index contributed by atoms with van der Waals surface area (Å²) in [7, 11) is 1.95. The van der Waals surface area contributed by atoms with Crippen molar-refractivity contribution in [1.29, 1.82) is 0 Å². The van der Waals surface area contributed by atoms with Crippen LogP contribution in [0.3, 0.4) is 0 Å². The third-order valence-corrected chi connectivity index (χ3v) is 4.14. The van der Waals surface area contributed by atoms with Crippen LogP contribution < -0.4 is 15.5 Å². The fourth-order valence-electron chi connectivity index (χ4n) is 2.23. The predicted octanol–water partition coefficient (Wildman–Crippen LogP) is 2.06. The zero-order valence-corrected chi connectivity index (χ0v) is 13.0. The molecule has 0 aromatic heterocycles. The maximum atomic E-state index is 11.6. The van der Waals surface area contributed by atoms with Crippen LogP contribution in [0, 0.1) is 0 Å². The van der Waals surface area contributed by atoms with Crippen LogP contribution in [0.15, 0.2) is 22.7 Å². The molecular weight excluding hydrogens is 306 g/mol. The summed E-state index contributed by atoms with van der Waals surface area (Å²) in [5.41, 5.74) is 2.32. The Morgan fingerprint density at radius 1 is 1.47 bits per heavy atom. The van der Waals surface area contributed by atoms with Crippen molar-refractivity contribution in [3.05, 3.63) is 28.2 Å². The van der Waals surface area contributed by atoms with Gasteiger partial charge in [-0.3, -0.25) is 4.79 Å². The number of carbonyl (C=O) groups excluding carboxylic acids is 1. The third-order valence-electron chi connectivity index (χ3n) is 3.51. The molecule has 0 spiro atoms. The number of hydrogen-bond acceptors (Lipinski definition) is 3. The molecule has 19 heavy (non-hydrogen) atoms. The number of amides is 1. The van der Waals surface area contributed by atoms with Gasteiger partial charge in [-0.05, 0) is 54.0 Å². The van der Waals surface area contributed by atoms with Gasteiger partial charge < -0.3 is 15.5 Å². The summed E-state index contributed by atoms with van der Waals surface area (Å²) in [5, 5.41) is 6.12. The molecule has 1 saturated heterocycles. The average Bonchev–Trinajstić information content (AvgIpc) is 2.62. The van der Waals surface area contributed by atoms with Gasteiger partial charge in [0.2, 0.25) is 5.91 Å². The van der Waals surface area contributed by atoms with E-state index in [0.717, 1.165) is 29.7 Å². The maximum absolute atomic E-state index is 11.6. The number of nitrogens with one attached hydrogen (secondary N) is 2. The highest BCUT2D eigenvalue weighted by Gasteiger charge is 2.17. The number of hydrogen-bond donors (Lipinski definition) is 2. The second kappa shape index (κ2) is 6.39. The first kappa shape index (κ1) is 14.3. The monoisotopic (exact) mass is 325 g/mol. The predicted molar refractivity (Wildman–Crippen MR) is 81.5 cm³/mol. The largest absolute Gasteiger partial charge is 0.361 e. The van der Waals surface area contributed by atoms with E-state index in [1.165, 1.54) is 5.56 Å². The zero-order valence-electron chi connectivity index (χ0n) is 11.4. The lowest BCUT2D eigenvalue weighted by atomic mass is 10.1. The van der Waals surface area contributed by atoms with E-state index in [4.69, 9.17) is 0 Å². The molecule has 0 bridgehead atoms. The topological polar surface area (TPSA) is 44.4 Å². The van der Waals surface area contributed by atoms with Crippen molar-refractivity contribution in [2.75, 3.05) is 31.6 Å². The smallest absolute Gasteiger partial charge is 0.239 e. The molecule has 1 heterocycles. The first-order chi connectivity index (χ1) is 9.11. The molecule has 104 valence electrons. The van der Waals surface area contributed by atoms with E-state index in [1.54, 1.807) is 0 Å². The van der Waals surface area contributed by atoms with Crippen molar-refractivity contribution in [2.45, 2.75) is 19.4 Å². The van der Waals surface area contributed by atoms with E-state index in [2.05, 4.69) is 56.6 Å². The van der Waals surface area contributed by atoms with Gasteiger partial charge in [-0.15, -0.1) is 0 Å². The Bertz CT molecular complexity index is 464. The molecule has 1 aromatic rings. The number of rotatable bonds is 3. The highest BCUT2D eigenvalue weighted by atomic mass is 79.9. The van der Waals surface area contributed by atoms with Crippen molar-refractivity contribution in [3.63, 3.8) is 0 Å². The Labute approximate surface area is 122 Å². The summed E-state index contributed by atoms with van der Waals surface area (Å²) < 4.78 is 1.04. The number of benzene rings is 1. The van der Waals surface area contributed by atoms with Crippen LogP contribution in [0.2, 0.25) is 0 Å². The lowest BCUT2D eigenvalue weighted by molar-refractivity contribution is -0.119. The minimum absolute atomic E-state index is 0.0945. The van der Waals surface area contributed by atoms with E-state index < -0.39 is 0 Å². The molecule has 0 aliphatic carbocycles. The summed E-state index contributed by atoms with van der Waals surface area (Å²) >= 11 is 3.62. The van der Waals surface area contributed by atoms with Gasteiger partial charge in [0.1, 0.15) is 0 Å². The SMILES string of the molecule is CNC(C)c1ccc(N2CCCNC(=O)C2)c(Br)c1. The molecule has 1 aliphatic heterocycles. The number of halogens is 1. The van der Waals surface area contributed by atoms with Crippen molar-refractivity contribution >= 4 is 27.5 Å². The van der Waals surface area contributed by atoms with Crippen LogP contribution >= 0.6 is 15.9 Å². The molecule has 4 nitrogen and oxygen atoms in total. The Morgan fingerprint density at radius 3 is 2.95 bits per heavy atom. The Kier molecular flexibility index (Phi) is 4.82. The van der Waals surface area contributed by atoms with Gasteiger partial charge in [-0.2, -0.15) is 0 Å². The van der Waals surface area contributed by atoms with E-state index in [-0.39, 0.29) is 5.91 Å². The lowest BCUT2D eigenvalue weighted by Gasteiger charge is -2.23. The van der Waals surface area contributed by atoms with E-state index in [9.17, 15) is 4.79 Å². The van der Waals surface area contributed by atoms with Crippen molar-refractivity contribution < 1.29 is 4.79 Å². The fourth-order valence-corrected chi connectivity index (χ4v) is 2.87. The number of anilines is 1. The van der Waals surface area contributed by atoms with Crippen LogP contribution in [-0.2, 0) is 4.79 Å². The van der Waals surface area contributed by atoms with Gasteiger partial charge in [0.15, 0.2) is 0 Å². The van der Waals surface area contributed by atoms with Crippen LogP contribution in [-0.4, -0.2) is 32.6 Å². The second-order valence-electron chi connectivity index (χ2n) is 4.85. The molecule has 2 rings (SSSR count). The summed E-state index contributed by atoms with van der Waals surface area (Å²) in [4.78, 5) is 13.7. The average molecular weight is 326 g/mol. The molecule has 1 aliphatic rings. The van der Waals surface area contributed by atoms with Gasteiger partial charge in [0, 0.05) is 23.6 Å². The van der Waals surface area contributed by atoms with Crippen LogP contribution in [0.4, 0.5) is 5.69 Å². The maximum Gasteiger partial charge on any atom is 0.239 e. The summed E-state index contributed by atoms with van der Waals surface area (Å²) in [6.45, 7) is 4.22. The molecule has 1 aromatic carbocycles. The molecule has 1 atom stereocenters. The molecule has 1 unspecified atom stereocenters. The van der Waals surface area contributed by atoms with Crippen LogP contribution in [0.5, 0.6) is 0 Å². The number of carbonyl (C=O) groups is 1. The fraction of sp³-hybridized carbons (Fsp3) is 0.500. The molecule has 2 N–H and O–H groups in total. The third kappa shape index (κ3) is 3.48. The molecular formula is C14H20BrN3O. The molecule has 1 fully saturated rings. The zero-order chi connectivity index (χ0) is 13.8. The van der Waals surface area contributed by atoms with Crippen molar-refractivity contribution in [1.82, 2.24) is 10.6 Å². The first-order valence-electron chi connectivity index (χ1n) is 6.60. The summed E-state index contributed by atoms with van der Waals surface area (Å²) in [6.07, 6.45) is 0.979.